The molecule has 1 aromatic carbocycles. The highest BCUT2D eigenvalue weighted by molar-refractivity contribution is 6.30. The zero-order valence-corrected chi connectivity index (χ0v) is 12.9. The third kappa shape index (κ3) is 3.11. The van der Waals surface area contributed by atoms with Gasteiger partial charge >= 0.3 is 0 Å². The van der Waals surface area contributed by atoms with Crippen molar-refractivity contribution >= 4 is 17.4 Å². The standard InChI is InChI=1S/C16H20ClN3/c1-11-7-8-14(10-18)16(19-11)20(3)12(2)13-5-4-6-15(17)9-13/h4-9,12H,10,18H2,1-3H3. The van der Waals surface area contributed by atoms with Crippen molar-refractivity contribution < 1.29 is 0 Å². The van der Waals surface area contributed by atoms with Gasteiger partial charge in [-0.05, 0) is 37.6 Å². The SMILES string of the molecule is Cc1ccc(CN)c(N(C)C(C)c2cccc(Cl)c2)n1. The number of nitrogens with zero attached hydrogens (tertiary/aromatic N) is 2. The number of aryl methyl sites for hydroxylation is 1. The average molecular weight is 290 g/mol. The van der Waals surface area contributed by atoms with Gasteiger partial charge in [-0.3, -0.25) is 0 Å². The summed E-state index contributed by atoms with van der Waals surface area (Å²) in [5.74, 6) is 0.931. The number of hydrogen-bond acceptors (Lipinski definition) is 3. The minimum atomic E-state index is 0.174. The molecule has 106 valence electrons. The molecule has 0 bridgehead atoms. The molecular weight excluding hydrogens is 270 g/mol. The summed E-state index contributed by atoms with van der Waals surface area (Å²) in [6, 6.07) is 12.1. The van der Waals surface area contributed by atoms with Crippen LogP contribution in [0.2, 0.25) is 5.02 Å². The molecule has 2 aromatic rings. The molecule has 0 spiro atoms. The molecule has 4 heteroatoms. The Morgan fingerprint density at radius 1 is 1.30 bits per heavy atom. The fourth-order valence-corrected chi connectivity index (χ4v) is 2.41. The topological polar surface area (TPSA) is 42.1 Å². The summed E-state index contributed by atoms with van der Waals surface area (Å²) in [6.07, 6.45) is 0. The lowest BCUT2D eigenvalue weighted by Crippen LogP contribution is -2.24. The maximum atomic E-state index is 6.07. The van der Waals surface area contributed by atoms with Crippen molar-refractivity contribution in [1.29, 1.82) is 0 Å². The molecular formula is C16H20ClN3. The van der Waals surface area contributed by atoms with E-state index in [1.54, 1.807) is 0 Å². The quantitative estimate of drug-likeness (QED) is 0.933. The molecule has 1 aromatic heterocycles. The Kier molecular flexibility index (Phi) is 4.63. The molecule has 0 fully saturated rings. The van der Waals surface area contributed by atoms with Gasteiger partial charge in [0, 0.05) is 29.9 Å². The van der Waals surface area contributed by atoms with Crippen LogP contribution in [0.25, 0.3) is 0 Å². The predicted molar refractivity (Wildman–Crippen MR) is 85.1 cm³/mol. The lowest BCUT2D eigenvalue weighted by atomic mass is 10.1. The van der Waals surface area contributed by atoms with Crippen molar-refractivity contribution in [2.24, 2.45) is 5.73 Å². The number of nitrogens with two attached hydrogens (primary N) is 1. The highest BCUT2D eigenvalue weighted by Gasteiger charge is 2.16. The minimum Gasteiger partial charge on any atom is -0.353 e. The molecule has 20 heavy (non-hydrogen) atoms. The lowest BCUT2D eigenvalue weighted by molar-refractivity contribution is 0.721. The number of benzene rings is 1. The summed E-state index contributed by atoms with van der Waals surface area (Å²) in [5, 5.41) is 0.749. The summed E-state index contributed by atoms with van der Waals surface area (Å²) in [4.78, 5) is 6.77. The monoisotopic (exact) mass is 289 g/mol. The maximum Gasteiger partial charge on any atom is 0.133 e. The van der Waals surface area contributed by atoms with E-state index in [0.717, 1.165) is 27.7 Å². The fourth-order valence-electron chi connectivity index (χ4n) is 2.21. The Bertz CT molecular complexity index is 598. The van der Waals surface area contributed by atoms with Gasteiger partial charge in [-0.25, -0.2) is 4.98 Å². The van der Waals surface area contributed by atoms with Gasteiger partial charge in [0.05, 0.1) is 6.04 Å². The second-order valence-electron chi connectivity index (χ2n) is 4.98. The number of aromatic nitrogens is 1. The Hall–Kier alpha value is -1.58. The highest BCUT2D eigenvalue weighted by Crippen LogP contribution is 2.28. The minimum absolute atomic E-state index is 0.174. The molecule has 0 amide bonds. The molecule has 0 radical (unpaired) electrons. The van der Waals surface area contributed by atoms with Crippen LogP contribution in [0, 0.1) is 6.92 Å². The van der Waals surface area contributed by atoms with Crippen LogP contribution in [0.15, 0.2) is 36.4 Å². The van der Waals surface area contributed by atoms with Crippen LogP contribution in [0.3, 0.4) is 0 Å². The molecule has 2 rings (SSSR count). The van der Waals surface area contributed by atoms with Crippen LogP contribution in [0.1, 0.15) is 29.8 Å². The third-order valence-electron chi connectivity index (χ3n) is 3.56. The first-order valence-electron chi connectivity index (χ1n) is 6.68. The summed E-state index contributed by atoms with van der Waals surface area (Å²) in [5.41, 5.74) is 9.01. The Balaban J connectivity index is 2.35. The number of rotatable bonds is 4. The van der Waals surface area contributed by atoms with Gasteiger partial charge in [0.1, 0.15) is 5.82 Å². The van der Waals surface area contributed by atoms with E-state index in [-0.39, 0.29) is 6.04 Å². The number of anilines is 1. The highest BCUT2D eigenvalue weighted by atomic mass is 35.5. The van der Waals surface area contributed by atoms with Crippen molar-refractivity contribution in [3.8, 4) is 0 Å². The smallest absolute Gasteiger partial charge is 0.133 e. The molecule has 1 atom stereocenters. The first-order chi connectivity index (χ1) is 9.52. The first-order valence-corrected chi connectivity index (χ1v) is 7.05. The molecule has 0 aliphatic carbocycles. The summed E-state index contributed by atoms with van der Waals surface area (Å²) in [6.45, 7) is 4.60. The molecule has 3 nitrogen and oxygen atoms in total. The van der Waals surface area contributed by atoms with Crippen LogP contribution in [0.5, 0.6) is 0 Å². The molecule has 2 N–H and O–H groups in total. The van der Waals surface area contributed by atoms with Gasteiger partial charge in [0.15, 0.2) is 0 Å². The van der Waals surface area contributed by atoms with E-state index in [0.29, 0.717) is 6.54 Å². The van der Waals surface area contributed by atoms with Gasteiger partial charge in [0.2, 0.25) is 0 Å². The summed E-state index contributed by atoms with van der Waals surface area (Å²) < 4.78 is 0. The third-order valence-corrected chi connectivity index (χ3v) is 3.80. The molecule has 0 saturated carbocycles. The van der Waals surface area contributed by atoms with Gasteiger partial charge in [0.25, 0.3) is 0 Å². The number of hydrogen-bond donors (Lipinski definition) is 1. The lowest BCUT2D eigenvalue weighted by Gasteiger charge is -2.28. The fraction of sp³-hybridized carbons (Fsp3) is 0.312. The molecule has 0 aliphatic heterocycles. The molecule has 0 aliphatic rings. The predicted octanol–water partition coefficient (Wildman–Crippen LogP) is 3.70. The Labute approximate surface area is 125 Å². The maximum absolute atomic E-state index is 6.07. The van der Waals surface area contributed by atoms with Crippen molar-refractivity contribution in [2.75, 3.05) is 11.9 Å². The number of halogens is 1. The Morgan fingerprint density at radius 2 is 2.05 bits per heavy atom. The van der Waals surface area contributed by atoms with Crippen LogP contribution in [-0.4, -0.2) is 12.0 Å². The van der Waals surface area contributed by atoms with Crippen LogP contribution < -0.4 is 10.6 Å². The second-order valence-corrected chi connectivity index (χ2v) is 5.42. The first kappa shape index (κ1) is 14.8. The van der Waals surface area contributed by atoms with Gasteiger partial charge < -0.3 is 10.6 Å². The van der Waals surface area contributed by atoms with E-state index in [4.69, 9.17) is 17.3 Å². The molecule has 1 unspecified atom stereocenters. The van der Waals surface area contributed by atoms with Crippen LogP contribution in [0.4, 0.5) is 5.82 Å². The van der Waals surface area contributed by atoms with Crippen molar-refractivity contribution in [3.05, 3.63) is 58.2 Å². The van der Waals surface area contributed by atoms with E-state index < -0.39 is 0 Å². The average Bonchev–Trinajstić information content (AvgIpc) is 2.45. The summed E-state index contributed by atoms with van der Waals surface area (Å²) in [7, 11) is 2.03. The normalized spacial score (nSPS) is 12.2. The second kappa shape index (κ2) is 6.25. The van der Waals surface area contributed by atoms with E-state index in [1.165, 1.54) is 0 Å². The van der Waals surface area contributed by atoms with Gasteiger partial charge in [-0.1, -0.05) is 29.8 Å². The van der Waals surface area contributed by atoms with Crippen LogP contribution in [-0.2, 0) is 6.54 Å². The molecule has 0 saturated heterocycles. The van der Waals surface area contributed by atoms with Crippen molar-refractivity contribution in [3.63, 3.8) is 0 Å². The summed E-state index contributed by atoms with van der Waals surface area (Å²) >= 11 is 6.07. The van der Waals surface area contributed by atoms with Gasteiger partial charge in [-0.2, -0.15) is 0 Å². The van der Waals surface area contributed by atoms with Gasteiger partial charge in [-0.15, -0.1) is 0 Å². The number of pyridine rings is 1. The largest absolute Gasteiger partial charge is 0.353 e. The van der Waals surface area contributed by atoms with Crippen molar-refractivity contribution in [2.45, 2.75) is 26.4 Å². The zero-order chi connectivity index (χ0) is 14.7. The van der Waals surface area contributed by atoms with Crippen LogP contribution >= 0.6 is 11.6 Å². The molecule has 1 heterocycles. The van der Waals surface area contributed by atoms with E-state index >= 15 is 0 Å². The van der Waals surface area contributed by atoms with Crippen molar-refractivity contribution in [1.82, 2.24) is 4.98 Å². The zero-order valence-electron chi connectivity index (χ0n) is 12.1. The Morgan fingerprint density at radius 3 is 2.70 bits per heavy atom. The van der Waals surface area contributed by atoms with E-state index in [1.807, 2.05) is 44.3 Å². The van der Waals surface area contributed by atoms with E-state index in [9.17, 15) is 0 Å². The van der Waals surface area contributed by atoms with E-state index in [2.05, 4.69) is 22.9 Å².